The number of carbonyl (C=O) groups is 2. The Hall–Kier alpha value is -2.59. The fourth-order valence-corrected chi connectivity index (χ4v) is 5.16. The summed E-state index contributed by atoms with van der Waals surface area (Å²) in [4.78, 5) is 28.9. The van der Waals surface area contributed by atoms with Crippen molar-refractivity contribution < 1.29 is 14.0 Å². The number of carbonyl (C=O) groups excluding carboxylic acids is 2. The van der Waals surface area contributed by atoms with E-state index in [2.05, 4.69) is 20.8 Å². The standard InChI is InChI=1S/C22H29FN6O2S/c1-15(19(30)24-18-9-5-8-17(23)14-18)28-10-12-29(13-11-28)22(31)25-21-27-26-20(32-21)16-6-3-2-4-7-16/h5,8-9,14-16H,2-4,6-7,10-13H2,1H3,(H,24,30)(H,25,27,31). The van der Waals surface area contributed by atoms with Crippen LogP contribution in [0.25, 0.3) is 0 Å². The third kappa shape index (κ3) is 5.60. The van der Waals surface area contributed by atoms with Gasteiger partial charge in [-0.2, -0.15) is 0 Å². The summed E-state index contributed by atoms with van der Waals surface area (Å²) in [7, 11) is 0. The van der Waals surface area contributed by atoms with Crippen LogP contribution in [0.15, 0.2) is 24.3 Å². The second-order valence-electron chi connectivity index (χ2n) is 8.41. The molecule has 0 bridgehead atoms. The van der Waals surface area contributed by atoms with Gasteiger partial charge >= 0.3 is 6.03 Å². The van der Waals surface area contributed by atoms with Crippen LogP contribution in [-0.4, -0.2) is 64.2 Å². The van der Waals surface area contributed by atoms with Crippen LogP contribution < -0.4 is 10.6 Å². The van der Waals surface area contributed by atoms with Gasteiger partial charge in [-0.1, -0.05) is 36.7 Å². The molecule has 1 aromatic heterocycles. The van der Waals surface area contributed by atoms with Crippen LogP contribution in [0.4, 0.5) is 20.0 Å². The molecule has 1 saturated heterocycles. The normalized spacial score (nSPS) is 18.9. The Labute approximate surface area is 191 Å². The van der Waals surface area contributed by atoms with Crippen LogP contribution in [0.5, 0.6) is 0 Å². The minimum absolute atomic E-state index is 0.187. The summed E-state index contributed by atoms with van der Waals surface area (Å²) in [5, 5.41) is 15.6. The average molecular weight is 461 g/mol. The molecule has 2 heterocycles. The summed E-state index contributed by atoms with van der Waals surface area (Å²) in [5.74, 6) is -0.121. The Balaban J connectivity index is 1.24. The number of rotatable bonds is 5. The van der Waals surface area contributed by atoms with Crippen molar-refractivity contribution in [2.24, 2.45) is 0 Å². The largest absolute Gasteiger partial charge is 0.325 e. The van der Waals surface area contributed by atoms with Crippen molar-refractivity contribution in [2.75, 3.05) is 36.8 Å². The van der Waals surface area contributed by atoms with Gasteiger partial charge in [-0.05, 0) is 38.0 Å². The number of nitrogens with one attached hydrogen (secondary N) is 2. The Morgan fingerprint density at radius 2 is 1.84 bits per heavy atom. The van der Waals surface area contributed by atoms with E-state index in [1.807, 2.05) is 11.8 Å². The van der Waals surface area contributed by atoms with Crippen LogP contribution in [0.1, 0.15) is 50.0 Å². The van der Waals surface area contributed by atoms with E-state index in [-0.39, 0.29) is 18.0 Å². The van der Waals surface area contributed by atoms with Gasteiger partial charge in [0.2, 0.25) is 11.0 Å². The Kier molecular flexibility index (Phi) is 7.31. The van der Waals surface area contributed by atoms with Gasteiger partial charge < -0.3 is 10.2 Å². The quantitative estimate of drug-likeness (QED) is 0.706. The highest BCUT2D eigenvalue weighted by Gasteiger charge is 2.28. The highest BCUT2D eigenvalue weighted by atomic mass is 32.1. The smallest absolute Gasteiger partial charge is 0.323 e. The number of nitrogens with zero attached hydrogens (tertiary/aromatic N) is 4. The second kappa shape index (κ2) is 10.4. The Morgan fingerprint density at radius 1 is 1.09 bits per heavy atom. The molecule has 1 aromatic carbocycles. The molecule has 2 aromatic rings. The number of amides is 3. The molecule has 1 aliphatic carbocycles. The topological polar surface area (TPSA) is 90.5 Å². The fraction of sp³-hybridized carbons (Fsp3) is 0.545. The summed E-state index contributed by atoms with van der Waals surface area (Å²) < 4.78 is 13.3. The van der Waals surface area contributed by atoms with Crippen molar-refractivity contribution in [1.29, 1.82) is 0 Å². The molecule has 4 rings (SSSR count). The Bertz CT molecular complexity index is 940. The van der Waals surface area contributed by atoms with Crippen molar-refractivity contribution in [2.45, 2.75) is 51.0 Å². The molecule has 0 spiro atoms. The lowest BCUT2D eigenvalue weighted by molar-refractivity contribution is -0.121. The fourth-order valence-electron chi connectivity index (χ4n) is 4.26. The number of piperazine rings is 1. The highest BCUT2D eigenvalue weighted by molar-refractivity contribution is 7.15. The van der Waals surface area contributed by atoms with Gasteiger partial charge in [0.05, 0.1) is 6.04 Å². The maximum Gasteiger partial charge on any atom is 0.323 e. The monoisotopic (exact) mass is 460 g/mol. The number of hydrogen-bond donors (Lipinski definition) is 2. The van der Waals surface area contributed by atoms with E-state index in [1.54, 1.807) is 17.0 Å². The molecule has 0 radical (unpaired) electrons. The van der Waals surface area contributed by atoms with Gasteiger partial charge in [-0.3, -0.25) is 15.0 Å². The van der Waals surface area contributed by atoms with Crippen LogP contribution >= 0.6 is 11.3 Å². The van der Waals surface area contributed by atoms with Crippen molar-refractivity contribution in [3.63, 3.8) is 0 Å². The zero-order valence-corrected chi connectivity index (χ0v) is 19.0. The lowest BCUT2D eigenvalue weighted by atomic mass is 9.90. The van der Waals surface area contributed by atoms with E-state index in [9.17, 15) is 14.0 Å². The first-order valence-electron chi connectivity index (χ1n) is 11.2. The molecule has 1 saturated carbocycles. The number of aromatic nitrogens is 2. The first-order valence-corrected chi connectivity index (χ1v) is 12.0. The molecule has 1 aliphatic heterocycles. The first kappa shape index (κ1) is 22.6. The maximum atomic E-state index is 13.3. The minimum Gasteiger partial charge on any atom is -0.325 e. The number of hydrogen-bond acceptors (Lipinski definition) is 6. The summed E-state index contributed by atoms with van der Waals surface area (Å²) in [6.07, 6.45) is 6.05. The van der Waals surface area contributed by atoms with E-state index in [4.69, 9.17) is 0 Å². The van der Waals surface area contributed by atoms with Crippen LogP contribution in [0.2, 0.25) is 0 Å². The lowest BCUT2D eigenvalue weighted by Crippen LogP contribution is -2.54. The predicted octanol–water partition coefficient (Wildman–Crippen LogP) is 3.90. The molecule has 172 valence electrons. The summed E-state index contributed by atoms with van der Waals surface area (Å²) in [6, 6.07) is 5.27. The molecule has 3 amide bonds. The zero-order chi connectivity index (χ0) is 22.5. The minimum atomic E-state index is -0.392. The molecule has 2 N–H and O–H groups in total. The van der Waals surface area contributed by atoms with Crippen LogP contribution in [-0.2, 0) is 4.79 Å². The molecule has 1 atom stereocenters. The maximum absolute atomic E-state index is 13.3. The molecule has 10 heteroatoms. The molecule has 8 nitrogen and oxygen atoms in total. The predicted molar refractivity (Wildman–Crippen MR) is 122 cm³/mol. The summed E-state index contributed by atoms with van der Waals surface area (Å²) in [6.45, 7) is 4.00. The number of anilines is 2. The van der Waals surface area contributed by atoms with Crippen LogP contribution in [0.3, 0.4) is 0 Å². The van der Waals surface area contributed by atoms with Gasteiger partial charge in [0, 0.05) is 37.8 Å². The summed E-state index contributed by atoms with van der Waals surface area (Å²) >= 11 is 1.47. The number of halogens is 1. The molecular formula is C22H29FN6O2S. The van der Waals surface area contributed by atoms with Gasteiger partial charge in [-0.25, -0.2) is 9.18 Å². The molecule has 1 unspecified atom stereocenters. The van der Waals surface area contributed by atoms with E-state index in [0.29, 0.717) is 42.9 Å². The molecule has 2 fully saturated rings. The first-order chi connectivity index (χ1) is 15.5. The van der Waals surface area contributed by atoms with E-state index < -0.39 is 5.82 Å². The third-order valence-corrected chi connectivity index (χ3v) is 7.23. The molecule has 2 aliphatic rings. The van der Waals surface area contributed by atoms with Crippen molar-refractivity contribution >= 4 is 34.1 Å². The molecular weight excluding hydrogens is 431 g/mol. The van der Waals surface area contributed by atoms with Crippen LogP contribution in [0, 0.1) is 5.82 Å². The van der Waals surface area contributed by atoms with E-state index >= 15 is 0 Å². The number of benzene rings is 1. The van der Waals surface area contributed by atoms with Crippen molar-refractivity contribution in [1.82, 2.24) is 20.0 Å². The zero-order valence-electron chi connectivity index (χ0n) is 18.2. The van der Waals surface area contributed by atoms with Gasteiger partial charge in [0.25, 0.3) is 0 Å². The Morgan fingerprint density at radius 3 is 2.56 bits per heavy atom. The summed E-state index contributed by atoms with van der Waals surface area (Å²) in [5.41, 5.74) is 0.435. The highest BCUT2D eigenvalue weighted by Crippen LogP contribution is 2.35. The van der Waals surface area contributed by atoms with Gasteiger partial charge in [-0.15, -0.1) is 10.2 Å². The van der Waals surface area contributed by atoms with E-state index in [1.165, 1.54) is 42.7 Å². The van der Waals surface area contributed by atoms with Gasteiger partial charge in [0.1, 0.15) is 10.8 Å². The second-order valence-corrected chi connectivity index (χ2v) is 9.42. The van der Waals surface area contributed by atoms with Gasteiger partial charge in [0.15, 0.2) is 0 Å². The van der Waals surface area contributed by atoms with Crippen molar-refractivity contribution in [3.05, 3.63) is 35.1 Å². The lowest BCUT2D eigenvalue weighted by Gasteiger charge is -2.37. The number of urea groups is 1. The molecule has 32 heavy (non-hydrogen) atoms. The van der Waals surface area contributed by atoms with Crippen molar-refractivity contribution in [3.8, 4) is 0 Å². The SMILES string of the molecule is CC(C(=O)Nc1cccc(F)c1)N1CCN(C(=O)Nc2nnc(C3CCCCC3)s2)CC1. The van der Waals surface area contributed by atoms with E-state index in [0.717, 1.165) is 17.8 Å². The third-order valence-electron chi connectivity index (χ3n) is 6.23. The average Bonchev–Trinajstić information content (AvgIpc) is 3.28.